The second-order valence-corrected chi connectivity index (χ2v) is 4.23. The molecule has 0 spiro atoms. The molecular formula is C11H16N2O2S. The Balaban J connectivity index is 2.62. The van der Waals surface area contributed by atoms with Crippen molar-refractivity contribution in [2.45, 2.75) is 17.9 Å². The van der Waals surface area contributed by atoms with E-state index in [2.05, 4.69) is 10.6 Å². The van der Waals surface area contributed by atoms with E-state index in [1.54, 1.807) is 18.7 Å². The van der Waals surface area contributed by atoms with Crippen molar-refractivity contribution in [2.24, 2.45) is 0 Å². The number of hydrogen-bond donors (Lipinski definition) is 3. The number of thioether (sulfide) groups is 1. The average Bonchev–Trinajstić information content (AvgIpc) is 2.29. The first-order chi connectivity index (χ1) is 7.67. The predicted octanol–water partition coefficient (Wildman–Crippen LogP) is 1.91. The van der Waals surface area contributed by atoms with Crippen molar-refractivity contribution < 1.29 is 9.90 Å². The third kappa shape index (κ3) is 3.75. The zero-order valence-corrected chi connectivity index (χ0v) is 10.2. The molecule has 0 radical (unpaired) electrons. The summed E-state index contributed by atoms with van der Waals surface area (Å²) in [7, 11) is 0. The van der Waals surface area contributed by atoms with Crippen molar-refractivity contribution in [3.05, 3.63) is 24.3 Å². The number of urea groups is 1. The minimum absolute atomic E-state index is 0.0718. The molecule has 1 rings (SSSR count). The maximum absolute atomic E-state index is 11.5. The standard InChI is InChI=1S/C11H16N2O2S/c1-8(7-14)12-11(15)13-9-5-3-4-6-10(9)16-2/h3-6,8,14H,7H2,1-2H3,(H2,12,13,15)/t8-/m1/s1. The van der Waals surface area contributed by atoms with Crippen molar-refractivity contribution in [3.8, 4) is 0 Å². The van der Waals surface area contributed by atoms with Gasteiger partial charge < -0.3 is 15.7 Å². The molecule has 3 N–H and O–H groups in total. The van der Waals surface area contributed by atoms with E-state index >= 15 is 0 Å². The van der Waals surface area contributed by atoms with E-state index in [1.165, 1.54) is 0 Å². The fourth-order valence-electron chi connectivity index (χ4n) is 1.18. The minimum atomic E-state index is -0.303. The Kier molecular flexibility index (Phi) is 5.14. The van der Waals surface area contributed by atoms with Gasteiger partial charge in [-0.1, -0.05) is 12.1 Å². The summed E-state index contributed by atoms with van der Waals surface area (Å²) in [6, 6.07) is 7.02. The molecule has 1 aromatic carbocycles. The molecule has 5 heteroatoms. The number of aliphatic hydroxyl groups excluding tert-OH is 1. The maximum atomic E-state index is 11.5. The fraction of sp³-hybridized carbons (Fsp3) is 0.364. The van der Waals surface area contributed by atoms with Gasteiger partial charge in [-0.25, -0.2) is 4.79 Å². The van der Waals surface area contributed by atoms with E-state index in [4.69, 9.17) is 5.11 Å². The molecule has 0 heterocycles. The average molecular weight is 240 g/mol. The van der Waals surface area contributed by atoms with Crippen LogP contribution < -0.4 is 10.6 Å². The Morgan fingerprint density at radius 2 is 2.19 bits per heavy atom. The molecule has 4 nitrogen and oxygen atoms in total. The summed E-state index contributed by atoms with van der Waals surface area (Å²) < 4.78 is 0. The SMILES string of the molecule is CSc1ccccc1NC(=O)N[C@H](C)CO. The van der Waals surface area contributed by atoms with Gasteiger partial charge in [-0.3, -0.25) is 0 Å². The molecule has 0 saturated heterocycles. The number of anilines is 1. The Morgan fingerprint density at radius 1 is 1.50 bits per heavy atom. The van der Waals surface area contributed by atoms with Crippen LogP contribution >= 0.6 is 11.8 Å². The number of carbonyl (C=O) groups excluding carboxylic acids is 1. The minimum Gasteiger partial charge on any atom is -0.394 e. The molecule has 0 fully saturated rings. The van der Waals surface area contributed by atoms with Gasteiger partial charge in [-0.15, -0.1) is 11.8 Å². The number of aliphatic hydroxyl groups is 1. The lowest BCUT2D eigenvalue weighted by molar-refractivity contribution is 0.229. The Morgan fingerprint density at radius 3 is 2.81 bits per heavy atom. The van der Waals surface area contributed by atoms with Crippen molar-refractivity contribution in [1.82, 2.24) is 5.32 Å². The lowest BCUT2D eigenvalue weighted by Crippen LogP contribution is -2.38. The largest absolute Gasteiger partial charge is 0.394 e. The van der Waals surface area contributed by atoms with Crippen LogP contribution in [0.25, 0.3) is 0 Å². The zero-order chi connectivity index (χ0) is 12.0. The first-order valence-corrected chi connectivity index (χ1v) is 6.21. The smallest absolute Gasteiger partial charge is 0.319 e. The second kappa shape index (κ2) is 6.40. The van der Waals surface area contributed by atoms with Gasteiger partial charge in [0.15, 0.2) is 0 Å². The third-order valence-corrected chi connectivity index (χ3v) is 2.80. The molecule has 2 amide bonds. The van der Waals surface area contributed by atoms with Crippen LogP contribution in [0.5, 0.6) is 0 Å². The molecule has 0 unspecified atom stereocenters. The molecule has 16 heavy (non-hydrogen) atoms. The fourth-order valence-corrected chi connectivity index (χ4v) is 1.73. The lowest BCUT2D eigenvalue weighted by Gasteiger charge is -2.13. The quantitative estimate of drug-likeness (QED) is 0.704. The molecular weight excluding hydrogens is 224 g/mol. The molecule has 0 aliphatic heterocycles. The zero-order valence-electron chi connectivity index (χ0n) is 9.36. The maximum Gasteiger partial charge on any atom is 0.319 e. The van der Waals surface area contributed by atoms with Crippen LogP contribution in [-0.2, 0) is 0 Å². The van der Waals surface area contributed by atoms with E-state index in [-0.39, 0.29) is 18.7 Å². The first kappa shape index (κ1) is 12.9. The topological polar surface area (TPSA) is 61.4 Å². The van der Waals surface area contributed by atoms with Gasteiger partial charge in [0.2, 0.25) is 0 Å². The molecule has 88 valence electrons. The summed E-state index contributed by atoms with van der Waals surface area (Å²) in [6.45, 7) is 1.66. The predicted molar refractivity (Wildman–Crippen MR) is 66.9 cm³/mol. The summed E-state index contributed by atoms with van der Waals surface area (Å²) in [4.78, 5) is 12.5. The van der Waals surface area contributed by atoms with Crippen molar-refractivity contribution in [1.29, 1.82) is 0 Å². The molecule has 0 bridgehead atoms. The van der Waals surface area contributed by atoms with Gasteiger partial charge in [0, 0.05) is 4.90 Å². The van der Waals surface area contributed by atoms with Crippen molar-refractivity contribution in [3.63, 3.8) is 0 Å². The molecule has 1 atom stereocenters. The monoisotopic (exact) mass is 240 g/mol. The Bertz CT molecular complexity index is 358. The molecule has 0 saturated carbocycles. The summed E-state index contributed by atoms with van der Waals surface area (Å²) in [5, 5.41) is 14.2. The highest BCUT2D eigenvalue weighted by molar-refractivity contribution is 7.98. The van der Waals surface area contributed by atoms with Crippen LogP contribution in [0.3, 0.4) is 0 Å². The normalized spacial score (nSPS) is 11.9. The lowest BCUT2D eigenvalue weighted by atomic mass is 10.3. The van der Waals surface area contributed by atoms with Crippen molar-refractivity contribution >= 4 is 23.5 Å². The highest BCUT2D eigenvalue weighted by atomic mass is 32.2. The van der Waals surface area contributed by atoms with Crippen LogP contribution in [0.2, 0.25) is 0 Å². The number of rotatable bonds is 4. The Hall–Kier alpha value is -1.20. The van der Waals surface area contributed by atoms with E-state index in [0.29, 0.717) is 0 Å². The number of carbonyl (C=O) groups is 1. The van der Waals surface area contributed by atoms with Gasteiger partial charge in [-0.2, -0.15) is 0 Å². The van der Waals surface area contributed by atoms with Crippen LogP contribution in [0, 0.1) is 0 Å². The van der Waals surface area contributed by atoms with E-state index in [0.717, 1.165) is 10.6 Å². The Labute approximate surface area is 99.4 Å². The van der Waals surface area contributed by atoms with Crippen LogP contribution in [0.1, 0.15) is 6.92 Å². The molecule has 0 aliphatic rings. The number of hydrogen-bond acceptors (Lipinski definition) is 3. The summed E-state index contributed by atoms with van der Waals surface area (Å²) in [6.07, 6.45) is 1.95. The van der Waals surface area contributed by atoms with Crippen LogP contribution in [0.4, 0.5) is 10.5 Å². The van der Waals surface area contributed by atoms with E-state index in [9.17, 15) is 4.79 Å². The molecule has 1 aromatic rings. The van der Waals surface area contributed by atoms with Gasteiger partial charge in [0.05, 0.1) is 18.3 Å². The van der Waals surface area contributed by atoms with E-state index < -0.39 is 0 Å². The van der Waals surface area contributed by atoms with Gasteiger partial charge in [0.1, 0.15) is 0 Å². The third-order valence-electron chi connectivity index (χ3n) is 2.01. The van der Waals surface area contributed by atoms with Crippen LogP contribution in [0.15, 0.2) is 29.2 Å². The molecule has 0 aromatic heterocycles. The highest BCUT2D eigenvalue weighted by Gasteiger charge is 2.07. The number of nitrogens with one attached hydrogen (secondary N) is 2. The first-order valence-electron chi connectivity index (χ1n) is 4.98. The number of benzene rings is 1. The summed E-state index contributed by atoms with van der Waals surface area (Å²) in [5.41, 5.74) is 0.776. The molecule has 0 aliphatic carbocycles. The van der Waals surface area contributed by atoms with E-state index in [1.807, 2.05) is 30.5 Å². The summed E-state index contributed by atoms with van der Waals surface area (Å²) >= 11 is 1.57. The second-order valence-electron chi connectivity index (χ2n) is 3.38. The van der Waals surface area contributed by atoms with Gasteiger partial charge in [-0.05, 0) is 25.3 Å². The van der Waals surface area contributed by atoms with Crippen LogP contribution in [-0.4, -0.2) is 30.0 Å². The van der Waals surface area contributed by atoms with Gasteiger partial charge in [0.25, 0.3) is 0 Å². The van der Waals surface area contributed by atoms with Crippen molar-refractivity contribution in [2.75, 3.05) is 18.2 Å². The number of amides is 2. The number of para-hydroxylation sites is 1. The summed E-state index contributed by atoms with van der Waals surface area (Å²) in [5.74, 6) is 0. The van der Waals surface area contributed by atoms with Gasteiger partial charge >= 0.3 is 6.03 Å². The highest BCUT2D eigenvalue weighted by Crippen LogP contribution is 2.24.